The zero-order chi connectivity index (χ0) is 19.1. The van der Waals surface area contributed by atoms with Gasteiger partial charge in [0.05, 0.1) is 27.7 Å². The molecule has 3 aromatic carbocycles. The highest BCUT2D eigenvalue weighted by Crippen LogP contribution is 2.35. The molecule has 0 unspecified atom stereocenters. The third kappa shape index (κ3) is 2.78. The molecular formula is C19H10IN3O4. The lowest BCUT2D eigenvalue weighted by Gasteiger charge is -2.23. The van der Waals surface area contributed by atoms with Crippen molar-refractivity contribution in [3.05, 3.63) is 85.0 Å². The van der Waals surface area contributed by atoms with Crippen molar-refractivity contribution in [3.63, 3.8) is 0 Å². The van der Waals surface area contributed by atoms with Crippen LogP contribution in [0.3, 0.4) is 0 Å². The second kappa shape index (κ2) is 6.54. The summed E-state index contributed by atoms with van der Waals surface area (Å²) < 4.78 is 0.925. The lowest BCUT2D eigenvalue weighted by molar-refractivity contribution is -0.383. The highest BCUT2D eigenvalue weighted by molar-refractivity contribution is 14.1. The molecular weight excluding hydrogens is 461 g/mol. The Morgan fingerprint density at radius 1 is 0.963 bits per heavy atom. The van der Waals surface area contributed by atoms with Gasteiger partial charge in [-0.2, -0.15) is 10.1 Å². The van der Waals surface area contributed by atoms with E-state index in [0.717, 1.165) is 14.1 Å². The summed E-state index contributed by atoms with van der Waals surface area (Å²) in [5, 5.41) is 16.7. The number of benzene rings is 3. The first-order valence-corrected chi connectivity index (χ1v) is 8.94. The van der Waals surface area contributed by atoms with Crippen molar-refractivity contribution < 1.29 is 14.5 Å². The first-order chi connectivity index (χ1) is 13.0. The van der Waals surface area contributed by atoms with Crippen LogP contribution in [0.15, 0.2) is 59.7 Å². The lowest BCUT2D eigenvalue weighted by Crippen LogP contribution is -2.36. The first-order valence-electron chi connectivity index (χ1n) is 7.86. The second-order valence-electron chi connectivity index (χ2n) is 5.81. The van der Waals surface area contributed by atoms with Gasteiger partial charge in [-0.3, -0.25) is 19.7 Å². The molecule has 0 bridgehead atoms. The number of hydrazone groups is 1. The van der Waals surface area contributed by atoms with Gasteiger partial charge in [0.2, 0.25) is 0 Å². The van der Waals surface area contributed by atoms with E-state index < -0.39 is 16.7 Å². The molecule has 0 fully saturated rings. The molecule has 0 aromatic heterocycles. The zero-order valence-corrected chi connectivity index (χ0v) is 15.8. The van der Waals surface area contributed by atoms with Crippen LogP contribution in [0.1, 0.15) is 26.3 Å². The number of imide groups is 1. The van der Waals surface area contributed by atoms with Gasteiger partial charge in [-0.25, -0.2) is 0 Å². The number of carbonyl (C=O) groups is 2. The van der Waals surface area contributed by atoms with Crippen LogP contribution in [0.2, 0.25) is 0 Å². The van der Waals surface area contributed by atoms with Crippen LogP contribution in [-0.4, -0.2) is 28.0 Å². The van der Waals surface area contributed by atoms with Crippen molar-refractivity contribution in [1.82, 2.24) is 5.01 Å². The zero-order valence-electron chi connectivity index (χ0n) is 13.6. The van der Waals surface area contributed by atoms with E-state index in [1.165, 1.54) is 24.4 Å². The van der Waals surface area contributed by atoms with E-state index in [4.69, 9.17) is 0 Å². The summed E-state index contributed by atoms with van der Waals surface area (Å²) in [4.78, 5) is 36.4. The summed E-state index contributed by atoms with van der Waals surface area (Å²) in [5.41, 5.74) is 1.05. The third-order valence-electron chi connectivity index (χ3n) is 4.28. The summed E-state index contributed by atoms with van der Waals surface area (Å²) >= 11 is 2.14. The molecule has 4 rings (SSSR count). The Kier molecular flexibility index (Phi) is 4.19. The molecule has 1 aliphatic heterocycles. The van der Waals surface area contributed by atoms with Gasteiger partial charge in [0.1, 0.15) is 0 Å². The van der Waals surface area contributed by atoms with Crippen LogP contribution in [0.5, 0.6) is 0 Å². The van der Waals surface area contributed by atoms with E-state index in [-0.39, 0.29) is 22.2 Å². The SMILES string of the molecule is O=C1c2cccc3c([N+](=O)[O-])ccc(c23)C(=O)N1/N=C/c1ccccc1I. The molecule has 0 saturated heterocycles. The third-order valence-corrected chi connectivity index (χ3v) is 5.26. The number of nitrogens with zero attached hydrogens (tertiary/aromatic N) is 3. The van der Waals surface area contributed by atoms with Gasteiger partial charge < -0.3 is 0 Å². The van der Waals surface area contributed by atoms with Gasteiger partial charge in [0.25, 0.3) is 17.5 Å². The largest absolute Gasteiger partial charge is 0.282 e. The minimum absolute atomic E-state index is 0.146. The fourth-order valence-corrected chi connectivity index (χ4v) is 3.56. The number of nitro groups is 1. The Morgan fingerprint density at radius 2 is 1.67 bits per heavy atom. The Morgan fingerprint density at radius 3 is 2.37 bits per heavy atom. The summed E-state index contributed by atoms with van der Waals surface area (Å²) in [7, 11) is 0. The van der Waals surface area contributed by atoms with Gasteiger partial charge in [-0.15, -0.1) is 0 Å². The average Bonchev–Trinajstić information content (AvgIpc) is 2.66. The molecule has 0 N–H and O–H groups in total. The molecule has 1 aliphatic rings. The predicted octanol–water partition coefficient (Wildman–Crippen LogP) is 3.98. The molecule has 0 aliphatic carbocycles. The number of rotatable bonds is 3. The summed E-state index contributed by atoms with van der Waals surface area (Å²) in [6.07, 6.45) is 1.45. The molecule has 3 aromatic rings. The van der Waals surface area contributed by atoms with Crippen LogP contribution < -0.4 is 0 Å². The number of carbonyl (C=O) groups excluding carboxylic acids is 2. The molecule has 7 nitrogen and oxygen atoms in total. The normalized spacial score (nSPS) is 13.6. The average molecular weight is 471 g/mol. The first kappa shape index (κ1) is 17.3. The number of non-ortho nitro benzene ring substituents is 1. The Bertz CT molecular complexity index is 1150. The number of halogens is 1. The molecule has 8 heteroatoms. The van der Waals surface area contributed by atoms with E-state index in [1.807, 2.05) is 24.3 Å². The fourth-order valence-electron chi connectivity index (χ4n) is 3.03. The van der Waals surface area contributed by atoms with Crippen LogP contribution in [0, 0.1) is 13.7 Å². The van der Waals surface area contributed by atoms with Crippen molar-refractivity contribution >= 4 is 57.1 Å². The number of amides is 2. The molecule has 0 atom stereocenters. The van der Waals surface area contributed by atoms with Crippen LogP contribution >= 0.6 is 22.6 Å². The van der Waals surface area contributed by atoms with Crippen molar-refractivity contribution in [2.75, 3.05) is 0 Å². The summed E-state index contributed by atoms with van der Waals surface area (Å²) in [6.45, 7) is 0. The van der Waals surface area contributed by atoms with Crippen molar-refractivity contribution in [3.8, 4) is 0 Å². The Balaban J connectivity index is 1.85. The van der Waals surface area contributed by atoms with Gasteiger partial charge in [0.15, 0.2) is 0 Å². The van der Waals surface area contributed by atoms with E-state index >= 15 is 0 Å². The smallest absolute Gasteiger partial charge is 0.267 e. The lowest BCUT2D eigenvalue weighted by atomic mass is 9.94. The summed E-state index contributed by atoms with van der Waals surface area (Å²) in [6, 6.07) is 14.7. The molecule has 0 radical (unpaired) electrons. The molecule has 2 amide bonds. The standard InChI is InChI=1S/C19H10IN3O4/c20-15-7-2-1-4-11(15)10-21-22-18(24)13-6-3-5-12-16(23(26)27)9-8-14(17(12)13)19(22)25/h1-10H/b21-10+. The quantitative estimate of drug-likeness (QED) is 0.190. The van der Waals surface area contributed by atoms with Crippen LogP contribution in [0.4, 0.5) is 5.69 Å². The van der Waals surface area contributed by atoms with Crippen LogP contribution in [0.25, 0.3) is 10.8 Å². The minimum Gasteiger partial charge on any atom is -0.267 e. The Labute approximate surface area is 166 Å². The van der Waals surface area contributed by atoms with Crippen molar-refractivity contribution in [1.29, 1.82) is 0 Å². The molecule has 0 spiro atoms. The highest BCUT2D eigenvalue weighted by Gasteiger charge is 2.34. The number of hydrogen-bond acceptors (Lipinski definition) is 5. The van der Waals surface area contributed by atoms with Crippen LogP contribution in [-0.2, 0) is 0 Å². The molecule has 0 saturated carbocycles. The maximum Gasteiger partial charge on any atom is 0.282 e. The second-order valence-corrected chi connectivity index (χ2v) is 6.97. The Hall–Kier alpha value is -3.14. The van der Waals surface area contributed by atoms with E-state index in [0.29, 0.717) is 5.39 Å². The molecule has 1 heterocycles. The van der Waals surface area contributed by atoms with Crippen molar-refractivity contribution in [2.24, 2.45) is 5.10 Å². The fraction of sp³-hybridized carbons (Fsp3) is 0. The monoisotopic (exact) mass is 471 g/mol. The maximum absolute atomic E-state index is 12.8. The molecule has 27 heavy (non-hydrogen) atoms. The van der Waals surface area contributed by atoms with Gasteiger partial charge in [0, 0.05) is 20.6 Å². The van der Waals surface area contributed by atoms with E-state index in [9.17, 15) is 19.7 Å². The number of nitro benzene ring substituents is 1. The van der Waals surface area contributed by atoms with Gasteiger partial charge in [-0.1, -0.05) is 24.3 Å². The summed E-state index contributed by atoms with van der Waals surface area (Å²) in [5.74, 6) is -1.22. The van der Waals surface area contributed by atoms with Crippen molar-refractivity contribution in [2.45, 2.75) is 0 Å². The highest BCUT2D eigenvalue weighted by atomic mass is 127. The molecule has 132 valence electrons. The predicted molar refractivity (Wildman–Crippen MR) is 108 cm³/mol. The minimum atomic E-state index is -0.610. The topological polar surface area (TPSA) is 92.9 Å². The van der Waals surface area contributed by atoms with Gasteiger partial charge in [-0.05, 0) is 46.9 Å². The van der Waals surface area contributed by atoms with Gasteiger partial charge >= 0.3 is 0 Å². The number of hydrogen-bond donors (Lipinski definition) is 0. The maximum atomic E-state index is 12.8. The van der Waals surface area contributed by atoms with E-state index in [1.54, 1.807) is 12.1 Å². The van der Waals surface area contributed by atoms with E-state index in [2.05, 4.69) is 27.7 Å².